The van der Waals surface area contributed by atoms with E-state index in [0.29, 0.717) is 5.75 Å². The molecule has 0 fully saturated rings. The van der Waals surface area contributed by atoms with Gasteiger partial charge in [0.1, 0.15) is 5.75 Å². The van der Waals surface area contributed by atoms with E-state index < -0.39 is 0 Å². The number of amides is 1. The number of nitrogens with two attached hydrogens (primary N) is 1. The molecule has 1 aromatic rings. The fourth-order valence-corrected chi connectivity index (χ4v) is 1.90. The number of nitrogens with one attached hydrogen (secondary N) is 1. The Balaban J connectivity index is 2.43. The summed E-state index contributed by atoms with van der Waals surface area (Å²) in [6, 6.07) is 6.87. The van der Waals surface area contributed by atoms with Gasteiger partial charge >= 0.3 is 0 Å². The number of benzene rings is 1. The summed E-state index contributed by atoms with van der Waals surface area (Å²) in [5.41, 5.74) is 2.12. The van der Waals surface area contributed by atoms with Crippen molar-refractivity contribution >= 4 is 17.7 Å². The van der Waals surface area contributed by atoms with E-state index in [0.717, 1.165) is 4.90 Å². The summed E-state index contributed by atoms with van der Waals surface area (Å²) in [7, 11) is 0. The van der Waals surface area contributed by atoms with Crippen molar-refractivity contribution in [3.63, 3.8) is 0 Å². The van der Waals surface area contributed by atoms with Crippen molar-refractivity contribution in [2.75, 3.05) is 5.75 Å². The quantitative estimate of drug-likeness (QED) is 0.311. The molecule has 1 amide bonds. The smallest absolute Gasteiger partial charge is 0.237 e. The zero-order valence-corrected chi connectivity index (χ0v) is 9.25. The zero-order chi connectivity index (χ0) is 11.3. The molecule has 1 atom stereocenters. The van der Waals surface area contributed by atoms with Crippen LogP contribution >= 0.6 is 11.8 Å². The molecular formula is C10H14N2O2S. The largest absolute Gasteiger partial charge is 0.508 e. The molecule has 4 nitrogen and oxygen atoms in total. The molecule has 82 valence electrons. The van der Waals surface area contributed by atoms with Crippen LogP contribution in [0.3, 0.4) is 0 Å². The molecule has 5 heteroatoms. The van der Waals surface area contributed by atoms with Gasteiger partial charge in [0.05, 0.1) is 0 Å². The summed E-state index contributed by atoms with van der Waals surface area (Å²) < 4.78 is 0. The number of thioether (sulfide) groups is 1. The molecule has 1 aromatic carbocycles. The molecule has 0 aliphatic carbocycles. The van der Waals surface area contributed by atoms with Crippen molar-refractivity contribution in [3.05, 3.63) is 24.3 Å². The van der Waals surface area contributed by atoms with E-state index in [9.17, 15) is 4.79 Å². The van der Waals surface area contributed by atoms with Crippen LogP contribution in [0.2, 0.25) is 0 Å². The van der Waals surface area contributed by atoms with Crippen LogP contribution in [0.15, 0.2) is 29.2 Å². The SMILES string of the molecule is CC(CSc1ccc(O)cc1)C(=O)NN. The van der Waals surface area contributed by atoms with Gasteiger partial charge in [-0.15, -0.1) is 11.8 Å². The van der Waals surface area contributed by atoms with E-state index in [4.69, 9.17) is 10.9 Å². The molecule has 0 saturated heterocycles. The number of aromatic hydroxyl groups is 1. The molecule has 0 aliphatic heterocycles. The zero-order valence-electron chi connectivity index (χ0n) is 8.43. The van der Waals surface area contributed by atoms with Crippen LogP contribution in [0.1, 0.15) is 6.92 Å². The lowest BCUT2D eigenvalue weighted by Gasteiger charge is -2.08. The van der Waals surface area contributed by atoms with Crippen LogP contribution < -0.4 is 11.3 Å². The van der Waals surface area contributed by atoms with Crippen molar-refractivity contribution in [2.24, 2.45) is 11.8 Å². The lowest BCUT2D eigenvalue weighted by Crippen LogP contribution is -2.35. The number of rotatable bonds is 4. The first-order valence-corrected chi connectivity index (χ1v) is 5.54. The van der Waals surface area contributed by atoms with E-state index in [1.165, 1.54) is 0 Å². The van der Waals surface area contributed by atoms with Crippen molar-refractivity contribution in [1.82, 2.24) is 5.43 Å². The predicted octanol–water partition coefficient (Wildman–Crippen LogP) is 1.11. The summed E-state index contributed by atoms with van der Waals surface area (Å²) in [6.07, 6.45) is 0. The number of hydrazine groups is 1. The Labute approximate surface area is 92.8 Å². The summed E-state index contributed by atoms with van der Waals surface area (Å²) in [4.78, 5) is 12.1. The maximum absolute atomic E-state index is 11.1. The first-order chi connectivity index (χ1) is 7.13. The minimum atomic E-state index is -0.165. The first-order valence-electron chi connectivity index (χ1n) is 4.55. The van der Waals surface area contributed by atoms with Gasteiger partial charge < -0.3 is 5.11 Å². The van der Waals surface area contributed by atoms with Gasteiger partial charge in [0.25, 0.3) is 0 Å². The van der Waals surface area contributed by atoms with Crippen LogP contribution in [-0.4, -0.2) is 16.8 Å². The Hall–Kier alpha value is -1.20. The van der Waals surface area contributed by atoms with Crippen molar-refractivity contribution < 1.29 is 9.90 Å². The predicted molar refractivity (Wildman–Crippen MR) is 60.3 cm³/mol. The van der Waals surface area contributed by atoms with Crippen LogP contribution in [0.25, 0.3) is 0 Å². The van der Waals surface area contributed by atoms with Gasteiger partial charge in [-0.3, -0.25) is 10.2 Å². The fourth-order valence-electron chi connectivity index (χ4n) is 0.982. The molecule has 1 unspecified atom stereocenters. The van der Waals surface area contributed by atoms with Crippen molar-refractivity contribution in [3.8, 4) is 5.75 Å². The summed E-state index contributed by atoms with van der Waals surface area (Å²) in [5, 5.41) is 9.07. The maximum Gasteiger partial charge on any atom is 0.237 e. The monoisotopic (exact) mass is 226 g/mol. The molecule has 0 saturated carbocycles. The Bertz CT molecular complexity index is 327. The Morgan fingerprint density at radius 2 is 2.13 bits per heavy atom. The molecule has 15 heavy (non-hydrogen) atoms. The van der Waals surface area contributed by atoms with E-state index in [2.05, 4.69) is 5.43 Å². The lowest BCUT2D eigenvalue weighted by atomic mass is 10.2. The number of hydrogen-bond donors (Lipinski definition) is 3. The Morgan fingerprint density at radius 3 is 2.67 bits per heavy atom. The second-order valence-electron chi connectivity index (χ2n) is 3.21. The van der Waals surface area contributed by atoms with Gasteiger partial charge in [-0.05, 0) is 24.3 Å². The maximum atomic E-state index is 11.1. The number of hydrogen-bond acceptors (Lipinski definition) is 4. The summed E-state index contributed by atoms with van der Waals surface area (Å²) in [5.74, 6) is 5.63. The van der Waals surface area contributed by atoms with Gasteiger partial charge in [-0.2, -0.15) is 0 Å². The molecule has 4 N–H and O–H groups in total. The first kappa shape index (κ1) is 11.9. The van der Waals surface area contributed by atoms with Crippen LogP contribution in [0.4, 0.5) is 0 Å². The van der Waals surface area contributed by atoms with Gasteiger partial charge in [-0.25, -0.2) is 5.84 Å². The number of phenolic OH excluding ortho intramolecular Hbond substituents is 1. The fraction of sp³-hybridized carbons (Fsp3) is 0.300. The van der Waals surface area contributed by atoms with E-state index in [1.54, 1.807) is 23.9 Å². The Morgan fingerprint density at radius 1 is 1.53 bits per heavy atom. The van der Waals surface area contributed by atoms with Gasteiger partial charge in [-0.1, -0.05) is 6.92 Å². The minimum Gasteiger partial charge on any atom is -0.508 e. The van der Waals surface area contributed by atoms with Crippen molar-refractivity contribution in [1.29, 1.82) is 0 Å². The third-order valence-corrected chi connectivity index (χ3v) is 3.20. The molecule has 0 aromatic heterocycles. The van der Waals surface area contributed by atoms with Crippen LogP contribution in [0.5, 0.6) is 5.75 Å². The Kier molecular flexibility index (Phi) is 4.45. The molecule has 0 spiro atoms. The molecule has 0 heterocycles. The lowest BCUT2D eigenvalue weighted by molar-refractivity contribution is -0.123. The van der Waals surface area contributed by atoms with Gasteiger partial charge in [0, 0.05) is 16.6 Å². The molecule has 0 bridgehead atoms. The normalized spacial score (nSPS) is 12.1. The minimum absolute atomic E-state index is 0.131. The standard InChI is InChI=1S/C10H14N2O2S/c1-7(10(14)12-11)6-15-9-4-2-8(13)3-5-9/h2-5,7,13H,6,11H2,1H3,(H,12,14). The van der Waals surface area contributed by atoms with Crippen LogP contribution in [0, 0.1) is 5.92 Å². The topological polar surface area (TPSA) is 75.3 Å². The van der Waals surface area contributed by atoms with E-state index in [-0.39, 0.29) is 17.6 Å². The van der Waals surface area contributed by atoms with Gasteiger partial charge in [0.2, 0.25) is 5.91 Å². The van der Waals surface area contributed by atoms with Gasteiger partial charge in [0.15, 0.2) is 0 Å². The van der Waals surface area contributed by atoms with E-state index in [1.807, 2.05) is 19.1 Å². The van der Waals surface area contributed by atoms with Crippen LogP contribution in [-0.2, 0) is 4.79 Å². The highest BCUT2D eigenvalue weighted by molar-refractivity contribution is 7.99. The highest BCUT2D eigenvalue weighted by Crippen LogP contribution is 2.22. The molecular weight excluding hydrogens is 212 g/mol. The highest BCUT2D eigenvalue weighted by Gasteiger charge is 2.11. The third kappa shape index (κ3) is 3.81. The third-order valence-electron chi connectivity index (χ3n) is 1.93. The average Bonchev–Trinajstić information content (AvgIpc) is 2.26. The average molecular weight is 226 g/mol. The summed E-state index contributed by atoms with van der Waals surface area (Å²) in [6.45, 7) is 1.82. The second kappa shape index (κ2) is 5.63. The number of phenols is 1. The van der Waals surface area contributed by atoms with E-state index >= 15 is 0 Å². The number of carbonyl (C=O) groups excluding carboxylic acids is 1. The highest BCUT2D eigenvalue weighted by atomic mass is 32.2. The molecule has 1 rings (SSSR count). The molecule has 0 aliphatic rings. The molecule has 0 radical (unpaired) electrons. The van der Waals surface area contributed by atoms with Crippen molar-refractivity contribution in [2.45, 2.75) is 11.8 Å². The summed E-state index contributed by atoms with van der Waals surface area (Å²) >= 11 is 1.55. The second-order valence-corrected chi connectivity index (χ2v) is 4.31. The number of carbonyl (C=O) groups is 1.